The first-order chi connectivity index (χ1) is 16.4. The maximum Gasteiger partial charge on any atom is 0.292 e. The number of benzene rings is 2. The lowest BCUT2D eigenvalue weighted by Crippen LogP contribution is -2.31. The molecule has 0 atom stereocenters. The van der Waals surface area contributed by atoms with E-state index < -0.39 is 11.5 Å². The summed E-state index contributed by atoms with van der Waals surface area (Å²) >= 11 is 0. The van der Waals surface area contributed by atoms with Gasteiger partial charge >= 0.3 is 0 Å². The third-order valence-corrected chi connectivity index (χ3v) is 4.86. The molecule has 0 spiro atoms. The molecule has 1 aromatic heterocycles. The molecule has 1 heterocycles. The summed E-state index contributed by atoms with van der Waals surface area (Å²) in [6.07, 6.45) is 1.39. The molecule has 0 unspecified atom stereocenters. The van der Waals surface area contributed by atoms with Crippen LogP contribution in [0, 0.1) is 18.3 Å². The molecule has 0 aliphatic heterocycles. The number of carbonyl (C=O) groups is 1. The number of hydrazone groups is 1. The smallest absolute Gasteiger partial charge is 0.292 e. The predicted octanol–water partition coefficient (Wildman–Crippen LogP) is 2.59. The van der Waals surface area contributed by atoms with Crippen molar-refractivity contribution in [2.75, 3.05) is 20.8 Å². The zero-order chi connectivity index (χ0) is 24.7. The Morgan fingerprint density at radius 2 is 1.94 bits per heavy atom. The van der Waals surface area contributed by atoms with E-state index in [4.69, 9.17) is 14.2 Å². The lowest BCUT2D eigenvalue weighted by atomic mass is 10.1. The van der Waals surface area contributed by atoms with Crippen molar-refractivity contribution in [3.05, 3.63) is 75.2 Å². The van der Waals surface area contributed by atoms with Crippen LogP contribution >= 0.6 is 0 Å². The number of amides is 1. The fourth-order valence-electron chi connectivity index (χ4n) is 3.20. The standard InChI is InChI=1S/C24H23N5O5/c1-5-34-18-11-9-17(10-12-18)29-24(31)19(13-25)15(2)21(28-29)23(30)27-26-14-16-7-6-8-20(32-3)22(16)33-4/h6-12,14H,5H2,1-4H3,(H,27,30)/b26-14+. The van der Waals surface area contributed by atoms with Crippen LogP contribution in [0.5, 0.6) is 17.2 Å². The first kappa shape index (κ1) is 24.0. The van der Waals surface area contributed by atoms with Crippen LogP contribution in [0.25, 0.3) is 5.69 Å². The average molecular weight is 461 g/mol. The summed E-state index contributed by atoms with van der Waals surface area (Å²) in [4.78, 5) is 25.6. The molecule has 2 aromatic carbocycles. The Morgan fingerprint density at radius 1 is 1.21 bits per heavy atom. The molecule has 3 aromatic rings. The lowest BCUT2D eigenvalue weighted by molar-refractivity contribution is 0.0947. The molecule has 3 rings (SSSR count). The minimum Gasteiger partial charge on any atom is -0.494 e. The number of hydrogen-bond donors (Lipinski definition) is 1. The number of hydrogen-bond acceptors (Lipinski definition) is 8. The van der Waals surface area contributed by atoms with Gasteiger partial charge in [-0.15, -0.1) is 0 Å². The molecule has 0 aliphatic rings. The number of nitrogens with one attached hydrogen (secondary N) is 1. The first-order valence-corrected chi connectivity index (χ1v) is 10.3. The van der Waals surface area contributed by atoms with Crippen LogP contribution in [-0.4, -0.2) is 42.7 Å². The molecule has 0 bridgehead atoms. The van der Waals surface area contributed by atoms with Gasteiger partial charge in [0.2, 0.25) is 0 Å². The molecule has 0 aliphatic carbocycles. The van der Waals surface area contributed by atoms with Crippen molar-refractivity contribution in [1.29, 1.82) is 5.26 Å². The van der Waals surface area contributed by atoms with Crippen molar-refractivity contribution in [3.8, 4) is 29.0 Å². The van der Waals surface area contributed by atoms with Crippen molar-refractivity contribution in [1.82, 2.24) is 15.2 Å². The zero-order valence-corrected chi connectivity index (χ0v) is 19.2. The highest BCUT2D eigenvalue weighted by atomic mass is 16.5. The Balaban J connectivity index is 1.94. The minimum absolute atomic E-state index is 0.111. The molecular formula is C24H23N5O5. The zero-order valence-electron chi connectivity index (χ0n) is 19.2. The van der Waals surface area contributed by atoms with E-state index in [9.17, 15) is 14.9 Å². The van der Waals surface area contributed by atoms with Gasteiger partial charge in [0.25, 0.3) is 11.5 Å². The van der Waals surface area contributed by atoms with E-state index in [1.807, 2.05) is 13.0 Å². The molecule has 174 valence electrons. The number of carbonyl (C=O) groups excluding carboxylic acids is 1. The quantitative estimate of drug-likeness (QED) is 0.403. The summed E-state index contributed by atoms with van der Waals surface area (Å²) in [7, 11) is 3.01. The number of methoxy groups -OCH3 is 2. The second-order valence-electron chi connectivity index (χ2n) is 6.89. The topological polar surface area (TPSA) is 128 Å². The summed E-state index contributed by atoms with van der Waals surface area (Å²) in [5.41, 5.74) is 2.55. The van der Waals surface area contributed by atoms with Crippen molar-refractivity contribution < 1.29 is 19.0 Å². The molecule has 34 heavy (non-hydrogen) atoms. The van der Waals surface area contributed by atoms with E-state index in [-0.39, 0.29) is 16.8 Å². The molecular weight excluding hydrogens is 438 g/mol. The lowest BCUT2D eigenvalue weighted by Gasteiger charge is -2.11. The number of nitriles is 1. The first-order valence-electron chi connectivity index (χ1n) is 10.3. The van der Waals surface area contributed by atoms with Gasteiger partial charge in [0, 0.05) is 11.1 Å². The molecule has 10 heteroatoms. The summed E-state index contributed by atoms with van der Waals surface area (Å²) in [5, 5.41) is 17.7. The van der Waals surface area contributed by atoms with Crippen LogP contribution in [0.15, 0.2) is 52.4 Å². The average Bonchev–Trinajstić information content (AvgIpc) is 2.85. The summed E-state index contributed by atoms with van der Waals surface area (Å²) in [6, 6.07) is 13.7. The molecule has 10 nitrogen and oxygen atoms in total. The third-order valence-electron chi connectivity index (χ3n) is 4.86. The van der Waals surface area contributed by atoms with E-state index in [1.54, 1.807) is 42.5 Å². The molecule has 0 fully saturated rings. The third kappa shape index (κ3) is 4.88. The largest absolute Gasteiger partial charge is 0.494 e. The van der Waals surface area contributed by atoms with Crippen LogP contribution in [0.2, 0.25) is 0 Å². The van der Waals surface area contributed by atoms with Crippen molar-refractivity contribution in [2.24, 2.45) is 5.10 Å². The SMILES string of the molecule is CCOc1ccc(-n2nc(C(=O)N/N=C/c3cccc(OC)c3OC)c(C)c(C#N)c2=O)cc1. The Hall–Kier alpha value is -4.65. The Morgan fingerprint density at radius 3 is 2.56 bits per heavy atom. The Bertz CT molecular complexity index is 1320. The van der Waals surface area contributed by atoms with Crippen molar-refractivity contribution in [2.45, 2.75) is 13.8 Å². The van der Waals surface area contributed by atoms with E-state index >= 15 is 0 Å². The molecule has 1 N–H and O–H groups in total. The molecule has 0 radical (unpaired) electrons. The predicted molar refractivity (Wildman–Crippen MR) is 125 cm³/mol. The monoisotopic (exact) mass is 461 g/mol. The van der Waals surface area contributed by atoms with Gasteiger partial charge in [-0.05, 0) is 50.2 Å². The summed E-state index contributed by atoms with van der Waals surface area (Å²) < 4.78 is 17.0. The van der Waals surface area contributed by atoms with Gasteiger partial charge < -0.3 is 14.2 Å². The van der Waals surface area contributed by atoms with Gasteiger partial charge in [0.15, 0.2) is 17.2 Å². The second-order valence-corrected chi connectivity index (χ2v) is 6.89. The maximum atomic E-state index is 12.8. The van der Waals surface area contributed by atoms with E-state index in [1.165, 1.54) is 27.4 Å². The van der Waals surface area contributed by atoms with Crippen molar-refractivity contribution >= 4 is 12.1 Å². The van der Waals surface area contributed by atoms with Crippen LogP contribution in [0.1, 0.15) is 34.1 Å². The fourth-order valence-corrected chi connectivity index (χ4v) is 3.20. The number of aromatic nitrogens is 2. The minimum atomic E-state index is -0.688. The fraction of sp³-hybridized carbons (Fsp3) is 0.208. The van der Waals surface area contributed by atoms with Gasteiger partial charge in [-0.25, -0.2) is 5.43 Å². The van der Waals surface area contributed by atoms with Crippen LogP contribution in [0.4, 0.5) is 0 Å². The highest BCUT2D eigenvalue weighted by Gasteiger charge is 2.20. The molecule has 0 saturated carbocycles. The molecule has 1 amide bonds. The van der Waals surface area contributed by atoms with Crippen LogP contribution < -0.4 is 25.2 Å². The highest BCUT2D eigenvalue weighted by Crippen LogP contribution is 2.29. The van der Waals surface area contributed by atoms with Crippen molar-refractivity contribution in [3.63, 3.8) is 0 Å². The number of nitrogens with zero attached hydrogens (tertiary/aromatic N) is 4. The Labute approximate surface area is 196 Å². The maximum absolute atomic E-state index is 12.8. The van der Waals surface area contributed by atoms with E-state index in [2.05, 4.69) is 15.6 Å². The van der Waals surface area contributed by atoms with Crippen LogP contribution in [-0.2, 0) is 0 Å². The summed E-state index contributed by atoms with van der Waals surface area (Å²) in [6.45, 7) is 3.84. The Kier molecular flexibility index (Phi) is 7.61. The van der Waals surface area contributed by atoms with Gasteiger partial charge in [-0.1, -0.05) is 6.07 Å². The van der Waals surface area contributed by atoms with Gasteiger partial charge in [-0.2, -0.15) is 20.1 Å². The number of ether oxygens (including phenoxy) is 3. The van der Waals surface area contributed by atoms with Gasteiger partial charge in [0.1, 0.15) is 17.4 Å². The second kappa shape index (κ2) is 10.8. The van der Waals surface area contributed by atoms with E-state index in [0.29, 0.717) is 35.1 Å². The van der Waals surface area contributed by atoms with Gasteiger partial charge in [-0.3, -0.25) is 9.59 Å². The number of para-hydroxylation sites is 1. The van der Waals surface area contributed by atoms with E-state index in [0.717, 1.165) is 4.68 Å². The normalized spacial score (nSPS) is 10.6. The number of rotatable bonds is 8. The molecule has 0 saturated heterocycles. The summed E-state index contributed by atoms with van der Waals surface area (Å²) in [5.74, 6) is 0.892. The van der Waals surface area contributed by atoms with Gasteiger partial charge in [0.05, 0.1) is 32.7 Å². The highest BCUT2D eigenvalue weighted by molar-refractivity contribution is 5.95. The van der Waals surface area contributed by atoms with Crippen LogP contribution in [0.3, 0.4) is 0 Å².